The van der Waals surface area contributed by atoms with Gasteiger partial charge in [0.25, 0.3) is 0 Å². The second-order valence-electron chi connectivity index (χ2n) is 7.76. The largest absolute Gasteiger partial charge is 0.465 e. The van der Waals surface area contributed by atoms with Gasteiger partial charge in [-0.1, -0.05) is 13.8 Å². The predicted octanol–water partition coefficient (Wildman–Crippen LogP) is 3.93. The molecular formula is C17H32O4. The third-order valence-electron chi connectivity index (χ3n) is 3.64. The van der Waals surface area contributed by atoms with Gasteiger partial charge in [-0.2, -0.15) is 0 Å². The molecule has 1 aliphatic rings. The minimum Gasteiger partial charge on any atom is -0.465 e. The third kappa shape index (κ3) is 7.82. The van der Waals surface area contributed by atoms with Crippen LogP contribution < -0.4 is 0 Å². The molecule has 1 atom stereocenters. The van der Waals surface area contributed by atoms with Gasteiger partial charge in [0.2, 0.25) is 0 Å². The van der Waals surface area contributed by atoms with Crippen molar-refractivity contribution >= 4 is 5.97 Å². The van der Waals surface area contributed by atoms with Gasteiger partial charge in [0.15, 0.2) is 6.29 Å². The van der Waals surface area contributed by atoms with Crippen LogP contribution in [0.3, 0.4) is 0 Å². The maximum Gasteiger partial charge on any atom is 0.311 e. The van der Waals surface area contributed by atoms with E-state index >= 15 is 0 Å². The molecule has 0 aromatic carbocycles. The molecule has 0 aromatic rings. The van der Waals surface area contributed by atoms with Gasteiger partial charge < -0.3 is 14.2 Å². The van der Waals surface area contributed by atoms with E-state index in [1.807, 2.05) is 20.8 Å². The van der Waals surface area contributed by atoms with Crippen LogP contribution in [0, 0.1) is 10.8 Å². The minimum atomic E-state index is -0.420. The molecule has 1 heterocycles. The summed E-state index contributed by atoms with van der Waals surface area (Å²) in [6.07, 6.45) is 5.13. The molecular weight excluding hydrogens is 268 g/mol. The molecule has 0 radical (unpaired) electrons. The van der Waals surface area contributed by atoms with Crippen molar-refractivity contribution in [3.63, 3.8) is 0 Å². The molecule has 1 aliphatic heterocycles. The van der Waals surface area contributed by atoms with Crippen LogP contribution in [0.2, 0.25) is 0 Å². The predicted molar refractivity (Wildman–Crippen MR) is 83.0 cm³/mol. The summed E-state index contributed by atoms with van der Waals surface area (Å²) in [5, 5.41) is 0. The van der Waals surface area contributed by atoms with Gasteiger partial charge in [0.1, 0.15) is 0 Å². The van der Waals surface area contributed by atoms with Gasteiger partial charge in [-0.25, -0.2) is 0 Å². The van der Waals surface area contributed by atoms with Crippen molar-refractivity contribution in [1.82, 2.24) is 0 Å². The highest BCUT2D eigenvalue weighted by Crippen LogP contribution is 2.25. The standard InChI is InChI=1S/C17H32O4/c1-16(2,3)15(18)20-12-8-10-17(4,5)13-21-14-9-6-7-11-19-14/h14H,6-13H2,1-5H3. The van der Waals surface area contributed by atoms with E-state index in [0.717, 1.165) is 32.3 Å². The van der Waals surface area contributed by atoms with Crippen LogP contribution in [0.5, 0.6) is 0 Å². The van der Waals surface area contributed by atoms with Crippen LogP contribution in [-0.2, 0) is 19.0 Å². The second kappa shape index (κ2) is 8.14. The van der Waals surface area contributed by atoms with Crippen LogP contribution in [0.1, 0.15) is 66.7 Å². The summed E-state index contributed by atoms with van der Waals surface area (Å²) >= 11 is 0. The summed E-state index contributed by atoms with van der Waals surface area (Å²) in [5.41, 5.74) is -0.341. The Hall–Kier alpha value is -0.610. The molecule has 0 amide bonds. The Morgan fingerprint density at radius 3 is 2.48 bits per heavy atom. The Balaban J connectivity index is 2.15. The van der Waals surface area contributed by atoms with Crippen LogP contribution >= 0.6 is 0 Å². The lowest BCUT2D eigenvalue weighted by atomic mass is 9.89. The fourth-order valence-electron chi connectivity index (χ4n) is 2.17. The normalized spacial score (nSPS) is 20.3. The topological polar surface area (TPSA) is 44.8 Å². The maximum atomic E-state index is 11.7. The van der Waals surface area contributed by atoms with E-state index in [1.54, 1.807) is 0 Å². The molecule has 0 N–H and O–H groups in total. The zero-order valence-corrected chi connectivity index (χ0v) is 14.4. The van der Waals surface area contributed by atoms with Crippen LogP contribution in [-0.4, -0.2) is 32.1 Å². The van der Waals surface area contributed by atoms with Crippen molar-refractivity contribution < 1.29 is 19.0 Å². The van der Waals surface area contributed by atoms with Gasteiger partial charge in [0.05, 0.1) is 18.6 Å². The second-order valence-corrected chi connectivity index (χ2v) is 7.76. The summed E-state index contributed by atoms with van der Waals surface area (Å²) in [6, 6.07) is 0. The fraction of sp³-hybridized carbons (Fsp3) is 0.941. The molecule has 0 aromatic heterocycles. The summed E-state index contributed by atoms with van der Waals surface area (Å²) < 4.78 is 16.7. The Morgan fingerprint density at radius 2 is 1.90 bits per heavy atom. The smallest absolute Gasteiger partial charge is 0.311 e. The molecule has 0 bridgehead atoms. The van der Waals surface area contributed by atoms with Crippen LogP contribution in [0.25, 0.3) is 0 Å². The number of esters is 1. The summed E-state index contributed by atoms with van der Waals surface area (Å²) in [5.74, 6) is -0.132. The van der Waals surface area contributed by atoms with Gasteiger partial charge in [-0.3, -0.25) is 4.79 Å². The first-order chi connectivity index (χ1) is 9.71. The average Bonchev–Trinajstić information content (AvgIpc) is 2.41. The Kier molecular flexibility index (Phi) is 7.14. The molecule has 1 unspecified atom stereocenters. The lowest BCUT2D eigenvalue weighted by Gasteiger charge is -2.29. The van der Waals surface area contributed by atoms with Gasteiger partial charge >= 0.3 is 5.97 Å². The van der Waals surface area contributed by atoms with E-state index in [9.17, 15) is 4.79 Å². The van der Waals surface area contributed by atoms with Crippen LogP contribution in [0.15, 0.2) is 0 Å². The van der Waals surface area contributed by atoms with Gasteiger partial charge in [-0.15, -0.1) is 0 Å². The number of carbonyl (C=O) groups is 1. The molecule has 21 heavy (non-hydrogen) atoms. The fourth-order valence-corrected chi connectivity index (χ4v) is 2.17. The van der Waals surface area contributed by atoms with E-state index in [4.69, 9.17) is 14.2 Å². The molecule has 1 fully saturated rings. The first-order valence-electron chi connectivity index (χ1n) is 8.11. The van der Waals surface area contributed by atoms with E-state index < -0.39 is 5.41 Å². The van der Waals surface area contributed by atoms with E-state index in [2.05, 4.69) is 13.8 Å². The molecule has 4 nitrogen and oxygen atoms in total. The quantitative estimate of drug-likeness (QED) is 0.528. The summed E-state index contributed by atoms with van der Waals surface area (Å²) in [6.45, 7) is 12.0. The van der Waals surface area contributed by atoms with Crippen molar-refractivity contribution in [2.45, 2.75) is 73.0 Å². The van der Waals surface area contributed by atoms with Crippen molar-refractivity contribution in [1.29, 1.82) is 0 Å². The highest BCUT2D eigenvalue weighted by molar-refractivity contribution is 5.75. The summed E-state index contributed by atoms with van der Waals surface area (Å²) in [4.78, 5) is 11.7. The third-order valence-corrected chi connectivity index (χ3v) is 3.64. The molecule has 0 saturated carbocycles. The van der Waals surface area contributed by atoms with E-state index in [0.29, 0.717) is 13.2 Å². The number of hydrogen-bond acceptors (Lipinski definition) is 4. The zero-order valence-electron chi connectivity index (χ0n) is 14.4. The highest BCUT2D eigenvalue weighted by atomic mass is 16.7. The van der Waals surface area contributed by atoms with Crippen molar-refractivity contribution in [2.24, 2.45) is 10.8 Å². The molecule has 4 heteroatoms. The minimum absolute atomic E-state index is 0.0308. The molecule has 1 rings (SSSR count). The SMILES string of the molecule is CC(C)(CCCOC(=O)C(C)(C)C)COC1CCCCO1. The monoisotopic (exact) mass is 300 g/mol. The van der Waals surface area contributed by atoms with E-state index in [1.165, 1.54) is 6.42 Å². The van der Waals surface area contributed by atoms with Gasteiger partial charge in [-0.05, 0) is 58.3 Å². The maximum absolute atomic E-state index is 11.7. The summed E-state index contributed by atoms with van der Waals surface area (Å²) in [7, 11) is 0. The van der Waals surface area contributed by atoms with Crippen molar-refractivity contribution in [3.05, 3.63) is 0 Å². The number of hydrogen-bond donors (Lipinski definition) is 0. The first-order valence-corrected chi connectivity index (χ1v) is 8.11. The Labute approximate surface area is 129 Å². The highest BCUT2D eigenvalue weighted by Gasteiger charge is 2.24. The number of rotatable bonds is 7. The van der Waals surface area contributed by atoms with Crippen molar-refractivity contribution in [3.8, 4) is 0 Å². The van der Waals surface area contributed by atoms with E-state index in [-0.39, 0.29) is 17.7 Å². The Morgan fingerprint density at radius 1 is 1.19 bits per heavy atom. The van der Waals surface area contributed by atoms with Crippen LogP contribution in [0.4, 0.5) is 0 Å². The molecule has 0 spiro atoms. The lowest BCUT2D eigenvalue weighted by molar-refractivity contribution is -0.177. The van der Waals surface area contributed by atoms with Gasteiger partial charge in [0, 0.05) is 6.61 Å². The number of carbonyl (C=O) groups excluding carboxylic acids is 1. The Bertz CT molecular complexity index is 311. The molecule has 1 saturated heterocycles. The first kappa shape index (κ1) is 18.4. The number of ether oxygens (including phenoxy) is 3. The van der Waals surface area contributed by atoms with Crippen molar-refractivity contribution in [2.75, 3.05) is 19.8 Å². The molecule has 124 valence electrons. The molecule has 0 aliphatic carbocycles. The zero-order chi connectivity index (χ0) is 15.9. The lowest BCUT2D eigenvalue weighted by Crippen LogP contribution is -2.29. The average molecular weight is 300 g/mol.